The normalized spacial score (nSPS) is 15.7. The number of hydrogen-bond donors (Lipinski definition) is 0. The molecule has 0 bridgehead atoms. The molecule has 2 aromatic heterocycles. The lowest BCUT2D eigenvalue weighted by molar-refractivity contribution is -0.138. The van der Waals surface area contributed by atoms with Crippen molar-refractivity contribution in [3.63, 3.8) is 0 Å². The Kier molecular flexibility index (Phi) is 6.13. The lowest BCUT2D eigenvalue weighted by Crippen LogP contribution is -2.39. The van der Waals surface area contributed by atoms with Crippen molar-refractivity contribution in [2.45, 2.75) is 19.9 Å². The number of esters is 1. The Morgan fingerprint density at radius 3 is 2.53 bits per heavy atom. The summed E-state index contributed by atoms with van der Waals surface area (Å²) in [6, 6.07) is 20.9. The maximum atomic E-state index is 13.7. The van der Waals surface area contributed by atoms with Gasteiger partial charge in [-0.1, -0.05) is 77.6 Å². The van der Waals surface area contributed by atoms with Crippen molar-refractivity contribution in [2.75, 3.05) is 6.61 Å². The summed E-state index contributed by atoms with van der Waals surface area (Å²) in [5.74, 6) is -0.462. The fourth-order valence-electron chi connectivity index (χ4n) is 3.97. The molecule has 1 aliphatic heterocycles. The first-order valence-electron chi connectivity index (χ1n) is 11.0. The largest absolute Gasteiger partial charge is 0.463 e. The Labute approximate surface area is 204 Å². The van der Waals surface area contributed by atoms with E-state index >= 15 is 0 Å². The number of nitrogens with zero attached hydrogens (tertiary/aromatic N) is 2. The molecule has 5 nitrogen and oxygen atoms in total. The molecule has 3 heterocycles. The van der Waals surface area contributed by atoms with Crippen LogP contribution in [-0.2, 0) is 9.53 Å². The molecule has 5 rings (SSSR count). The standard InChI is InChI=1S/C27H22N2O3S2/c1-3-32-26(31)22-23(19-8-5-4-6-9-19)28-27-29(24(22)20-10-7-15-33-20)25(30)21(34-27)16-18-13-11-17(2)12-14-18/h4-16,24H,3H2,1-2H3/b21-16-. The summed E-state index contributed by atoms with van der Waals surface area (Å²) in [6.45, 7) is 4.04. The summed E-state index contributed by atoms with van der Waals surface area (Å²) >= 11 is 2.84. The third-order valence-corrected chi connectivity index (χ3v) is 7.47. The molecule has 0 radical (unpaired) electrons. The van der Waals surface area contributed by atoms with Gasteiger partial charge in [0.25, 0.3) is 5.56 Å². The maximum absolute atomic E-state index is 13.7. The van der Waals surface area contributed by atoms with Crippen LogP contribution in [0.4, 0.5) is 0 Å². The van der Waals surface area contributed by atoms with Crippen LogP contribution >= 0.6 is 22.7 Å². The lowest BCUT2D eigenvalue weighted by Gasteiger charge is -2.24. The molecule has 0 aliphatic carbocycles. The van der Waals surface area contributed by atoms with E-state index in [1.54, 1.807) is 11.5 Å². The maximum Gasteiger partial charge on any atom is 0.338 e. The van der Waals surface area contributed by atoms with E-state index in [4.69, 9.17) is 9.73 Å². The first-order chi connectivity index (χ1) is 16.6. The van der Waals surface area contributed by atoms with Crippen molar-refractivity contribution in [1.29, 1.82) is 0 Å². The summed E-state index contributed by atoms with van der Waals surface area (Å²) in [7, 11) is 0. The molecule has 0 fully saturated rings. The van der Waals surface area contributed by atoms with Crippen molar-refractivity contribution in [2.24, 2.45) is 4.99 Å². The van der Waals surface area contributed by atoms with E-state index in [-0.39, 0.29) is 12.2 Å². The zero-order valence-corrected chi connectivity index (χ0v) is 20.4. The molecule has 2 aromatic carbocycles. The summed E-state index contributed by atoms with van der Waals surface area (Å²) in [4.78, 5) is 33.2. The number of aromatic nitrogens is 1. The predicted octanol–water partition coefficient (Wildman–Crippen LogP) is 4.31. The molecule has 1 aliphatic rings. The minimum atomic E-state index is -0.606. The van der Waals surface area contributed by atoms with E-state index in [1.807, 2.05) is 85.1 Å². The number of thiazole rings is 1. The van der Waals surface area contributed by atoms with Gasteiger partial charge in [0.2, 0.25) is 0 Å². The predicted molar refractivity (Wildman–Crippen MR) is 137 cm³/mol. The van der Waals surface area contributed by atoms with Crippen LogP contribution in [0.2, 0.25) is 0 Å². The highest BCUT2D eigenvalue weighted by Gasteiger charge is 2.35. The van der Waals surface area contributed by atoms with Crippen LogP contribution in [0.1, 0.15) is 34.5 Å². The second-order valence-electron chi connectivity index (χ2n) is 7.86. The first kappa shape index (κ1) is 22.3. The van der Waals surface area contributed by atoms with Crippen molar-refractivity contribution in [1.82, 2.24) is 4.57 Å². The second-order valence-corrected chi connectivity index (χ2v) is 9.85. The monoisotopic (exact) mass is 486 g/mol. The SMILES string of the molecule is CCOC(=O)C1=C(c2ccccc2)N=c2s/c(=C\c3ccc(C)cc3)c(=O)n2C1c1cccs1. The molecule has 0 saturated heterocycles. The molecule has 0 N–H and O–H groups in total. The zero-order valence-electron chi connectivity index (χ0n) is 18.7. The minimum Gasteiger partial charge on any atom is -0.463 e. The van der Waals surface area contributed by atoms with Gasteiger partial charge in [-0.15, -0.1) is 11.3 Å². The summed E-state index contributed by atoms with van der Waals surface area (Å²) in [5.41, 5.74) is 3.66. The van der Waals surface area contributed by atoms with Gasteiger partial charge in [0.15, 0.2) is 4.80 Å². The van der Waals surface area contributed by atoms with Crippen LogP contribution in [0.3, 0.4) is 0 Å². The lowest BCUT2D eigenvalue weighted by atomic mass is 9.97. The first-order valence-corrected chi connectivity index (χ1v) is 12.6. The summed E-state index contributed by atoms with van der Waals surface area (Å²) in [6.07, 6.45) is 1.88. The average molecular weight is 487 g/mol. The van der Waals surface area contributed by atoms with E-state index < -0.39 is 12.0 Å². The molecule has 0 spiro atoms. The fourth-order valence-corrected chi connectivity index (χ4v) is 5.79. The van der Waals surface area contributed by atoms with Gasteiger partial charge in [0, 0.05) is 10.4 Å². The number of rotatable bonds is 5. The molecular weight excluding hydrogens is 464 g/mol. The third-order valence-electron chi connectivity index (χ3n) is 5.56. The third kappa shape index (κ3) is 4.08. The van der Waals surface area contributed by atoms with Gasteiger partial charge < -0.3 is 4.74 Å². The average Bonchev–Trinajstić information content (AvgIpc) is 3.49. The van der Waals surface area contributed by atoms with E-state index in [2.05, 4.69) is 0 Å². The number of fused-ring (bicyclic) bond motifs is 1. The van der Waals surface area contributed by atoms with Crippen LogP contribution in [0.15, 0.2) is 87.5 Å². The topological polar surface area (TPSA) is 60.7 Å². The van der Waals surface area contributed by atoms with E-state index in [9.17, 15) is 9.59 Å². The number of aryl methyl sites for hydroxylation is 1. The zero-order chi connectivity index (χ0) is 23.7. The molecule has 1 unspecified atom stereocenters. The molecule has 34 heavy (non-hydrogen) atoms. The van der Waals surface area contributed by atoms with E-state index in [1.165, 1.54) is 22.7 Å². The smallest absolute Gasteiger partial charge is 0.338 e. The Hall–Kier alpha value is -3.55. The Morgan fingerprint density at radius 1 is 1.09 bits per heavy atom. The molecule has 4 aromatic rings. The van der Waals surface area contributed by atoms with Crippen molar-refractivity contribution >= 4 is 40.4 Å². The van der Waals surface area contributed by atoms with Gasteiger partial charge in [0.05, 0.1) is 22.4 Å². The van der Waals surface area contributed by atoms with E-state index in [0.29, 0.717) is 20.6 Å². The van der Waals surface area contributed by atoms with Gasteiger partial charge in [-0.2, -0.15) is 0 Å². The van der Waals surface area contributed by atoms with Gasteiger partial charge in [0.1, 0.15) is 6.04 Å². The number of hydrogen-bond acceptors (Lipinski definition) is 6. The van der Waals surface area contributed by atoms with Crippen LogP contribution < -0.4 is 14.9 Å². The highest BCUT2D eigenvalue weighted by Crippen LogP contribution is 2.36. The Bertz CT molecular complexity index is 1540. The molecule has 7 heteroatoms. The van der Waals surface area contributed by atoms with Crippen LogP contribution in [0.25, 0.3) is 11.8 Å². The minimum absolute atomic E-state index is 0.170. The van der Waals surface area contributed by atoms with Crippen LogP contribution in [0.5, 0.6) is 0 Å². The number of benzene rings is 2. The van der Waals surface area contributed by atoms with Crippen LogP contribution in [0, 0.1) is 6.92 Å². The number of thiophene rings is 1. The van der Waals surface area contributed by atoms with Crippen molar-refractivity contribution in [3.8, 4) is 0 Å². The fraction of sp³-hybridized carbons (Fsp3) is 0.148. The van der Waals surface area contributed by atoms with Crippen molar-refractivity contribution < 1.29 is 9.53 Å². The molecule has 1 atom stereocenters. The second kappa shape index (κ2) is 9.37. The van der Waals surface area contributed by atoms with Gasteiger partial charge in [-0.3, -0.25) is 9.36 Å². The van der Waals surface area contributed by atoms with Crippen LogP contribution in [-0.4, -0.2) is 17.1 Å². The number of carbonyl (C=O) groups excluding carboxylic acids is 1. The van der Waals surface area contributed by atoms with E-state index in [0.717, 1.165) is 21.6 Å². The summed E-state index contributed by atoms with van der Waals surface area (Å²) < 4.78 is 7.66. The molecule has 170 valence electrons. The van der Waals surface area contributed by atoms with Gasteiger partial charge >= 0.3 is 5.97 Å². The Morgan fingerprint density at radius 2 is 1.85 bits per heavy atom. The van der Waals surface area contributed by atoms with Gasteiger partial charge in [-0.05, 0) is 36.9 Å². The highest BCUT2D eigenvalue weighted by atomic mass is 32.1. The quantitative estimate of drug-likeness (QED) is 0.395. The highest BCUT2D eigenvalue weighted by molar-refractivity contribution is 7.10. The summed E-state index contributed by atoms with van der Waals surface area (Å²) in [5, 5.41) is 1.95. The molecule has 0 amide bonds. The Balaban J connectivity index is 1.81. The number of carbonyl (C=O) groups is 1. The van der Waals surface area contributed by atoms with Crippen molar-refractivity contribution in [3.05, 3.63) is 119 Å². The number of ether oxygens (including phenoxy) is 1. The molecular formula is C27H22N2O3S2. The van der Waals surface area contributed by atoms with Gasteiger partial charge in [-0.25, -0.2) is 9.79 Å². The molecule has 0 saturated carbocycles.